The van der Waals surface area contributed by atoms with Crippen molar-refractivity contribution in [3.63, 3.8) is 0 Å². The summed E-state index contributed by atoms with van der Waals surface area (Å²) < 4.78 is 12.7. The normalized spacial score (nSPS) is 12.8. The molecule has 2 aromatic carbocycles. The fraction of sp³-hybridized carbons (Fsp3) is 0.407. The summed E-state index contributed by atoms with van der Waals surface area (Å²) in [5.41, 5.74) is 2.08. The Morgan fingerprint density at radius 1 is 1.03 bits per heavy atom. The van der Waals surface area contributed by atoms with E-state index in [-0.39, 0.29) is 17.1 Å². The molecule has 2 aromatic heterocycles. The molecule has 1 atom stereocenters. The summed E-state index contributed by atoms with van der Waals surface area (Å²) >= 11 is 0. The first kappa shape index (κ1) is 25.4. The van der Waals surface area contributed by atoms with Gasteiger partial charge >= 0.3 is 0 Å². The number of pyridine rings is 1. The fourth-order valence-electron chi connectivity index (χ4n) is 4.49. The van der Waals surface area contributed by atoms with E-state index < -0.39 is 0 Å². The number of aromatic amines is 1. The van der Waals surface area contributed by atoms with E-state index in [9.17, 15) is 4.79 Å². The van der Waals surface area contributed by atoms with Crippen LogP contribution in [-0.4, -0.2) is 44.3 Å². The maximum absolute atomic E-state index is 13.2. The van der Waals surface area contributed by atoms with Crippen LogP contribution in [0.15, 0.2) is 53.3 Å². The maximum atomic E-state index is 13.2. The Kier molecular flexibility index (Phi) is 7.40. The summed E-state index contributed by atoms with van der Waals surface area (Å²) in [6.07, 6.45) is 0.778. The SMILES string of the molecule is CCC(c1nnnn1C(C)(C)C)N(Cc1ccccc1)Cc1cc2cc(OC)c(OC)cc2[nH]c1=O. The number of aromatic nitrogens is 5. The number of benzene rings is 2. The maximum Gasteiger partial charge on any atom is 0.252 e. The number of H-pyrrole nitrogens is 1. The standard InChI is InChI=1S/C27H34N6O3/c1-7-22(25-29-30-31-33(25)27(2,3)4)32(16-18-11-9-8-10-12-18)17-20-13-19-14-23(35-5)24(36-6)15-21(19)28-26(20)34/h8-15,22H,7,16-17H2,1-6H3,(H,28,34). The van der Waals surface area contributed by atoms with E-state index in [2.05, 4.69) is 65.2 Å². The van der Waals surface area contributed by atoms with Crippen LogP contribution in [0, 0.1) is 0 Å². The lowest BCUT2D eigenvalue weighted by Gasteiger charge is -2.32. The van der Waals surface area contributed by atoms with Crippen molar-refractivity contribution in [2.75, 3.05) is 14.2 Å². The molecule has 1 N–H and O–H groups in total. The van der Waals surface area contributed by atoms with E-state index in [1.807, 2.05) is 35.0 Å². The summed E-state index contributed by atoms with van der Waals surface area (Å²) in [5, 5.41) is 13.6. The molecule has 0 radical (unpaired) electrons. The smallest absolute Gasteiger partial charge is 0.252 e. The molecule has 0 fully saturated rings. The van der Waals surface area contributed by atoms with Crippen molar-refractivity contribution in [2.24, 2.45) is 0 Å². The number of nitrogens with one attached hydrogen (secondary N) is 1. The van der Waals surface area contributed by atoms with Crippen LogP contribution in [0.25, 0.3) is 10.9 Å². The zero-order chi connectivity index (χ0) is 25.9. The second-order valence-corrected chi connectivity index (χ2v) is 9.85. The lowest BCUT2D eigenvalue weighted by atomic mass is 10.0. The second kappa shape index (κ2) is 10.5. The molecule has 0 saturated heterocycles. The number of tetrazole rings is 1. The Morgan fingerprint density at radius 2 is 1.72 bits per heavy atom. The Hall–Kier alpha value is -3.72. The quantitative estimate of drug-likeness (QED) is 0.370. The molecule has 36 heavy (non-hydrogen) atoms. The van der Waals surface area contributed by atoms with Crippen LogP contribution in [0.3, 0.4) is 0 Å². The summed E-state index contributed by atoms with van der Waals surface area (Å²) in [7, 11) is 3.18. The molecule has 9 heteroatoms. The van der Waals surface area contributed by atoms with Gasteiger partial charge in [0.1, 0.15) is 0 Å². The first-order valence-corrected chi connectivity index (χ1v) is 12.1. The molecule has 0 aliphatic rings. The highest BCUT2D eigenvalue weighted by atomic mass is 16.5. The van der Waals surface area contributed by atoms with Gasteiger partial charge in [0, 0.05) is 30.1 Å². The predicted octanol–water partition coefficient (Wildman–Crippen LogP) is 4.44. The van der Waals surface area contributed by atoms with Crippen LogP contribution in [0.1, 0.15) is 57.1 Å². The van der Waals surface area contributed by atoms with Crippen molar-refractivity contribution in [1.82, 2.24) is 30.1 Å². The summed E-state index contributed by atoms with van der Waals surface area (Å²) in [6.45, 7) is 9.42. The van der Waals surface area contributed by atoms with Crippen LogP contribution in [0.4, 0.5) is 0 Å². The van der Waals surface area contributed by atoms with E-state index in [1.54, 1.807) is 20.3 Å². The molecule has 4 rings (SSSR count). The Balaban J connectivity index is 1.78. The topological polar surface area (TPSA) is 98.2 Å². The number of nitrogens with zero attached hydrogens (tertiary/aromatic N) is 5. The van der Waals surface area contributed by atoms with E-state index in [0.717, 1.165) is 23.2 Å². The zero-order valence-electron chi connectivity index (χ0n) is 21.8. The number of hydrogen-bond donors (Lipinski definition) is 1. The van der Waals surface area contributed by atoms with Gasteiger partial charge in [0.05, 0.1) is 31.3 Å². The Morgan fingerprint density at radius 3 is 2.36 bits per heavy atom. The zero-order valence-corrected chi connectivity index (χ0v) is 21.8. The lowest BCUT2D eigenvalue weighted by molar-refractivity contribution is 0.153. The van der Waals surface area contributed by atoms with E-state index in [0.29, 0.717) is 35.7 Å². The molecule has 0 saturated carbocycles. The van der Waals surface area contributed by atoms with Crippen LogP contribution >= 0.6 is 0 Å². The van der Waals surface area contributed by atoms with Gasteiger partial charge in [-0.3, -0.25) is 9.69 Å². The third-order valence-corrected chi connectivity index (χ3v) is 6.28. The molecule has 0 aliphatic heterocycles. The van der Waals surface area contributed by atoms with Gasteiger partial charge in [-0.15, -0.1) is 5.10 Å². The largest absolute Gasteiger partial charge is 0.493 e. The summed E-state index contributed by atoms with van der Waals surface area (Å²) in [5.74, 6) is 1.96. The average molecular weight is 491 g/mol. The third-order valence-electron chi connectivity index (χ3n) is 6.28. The molecule has 2 heterocycles. The van der Waals surface area contributed by atoms with Crippen molar-refractivity contribution in [1.29, 1.82) is 0 Å². The molecular weight excluding hydrogens is 456 g/mol. The Bertz CT molecular complexity index is 1370. The van der Waals surface area contributed by atoms with Gasteiger partial charge in [-0.1, -0.05) is 37.3 Å². The van der Waals surface area contributed by atoms with Gasteiger partial charge in [-0.25, -0.2) is 4.68 Å². The highest BCUT2D eigenvalue weighted by Crippen LogP contribution is 2.32. The molecule has 190 valence electrons. The lowest BCUT2D eigenvalue weighted by Crippen LogP contribution is -2.35. The number of rotatable bonds is 9. The number of fused-ring (bicyclic) bond motifs is 1. The first-order valence-electron chi connectivity index (χ1n) is 12.1. The van der Waals surface area contributed by atoms with Crippen molar-refractivity contribution in [3.05, 3.63) is 75.8 Å². The van der Waals surface area contributed by atoms with E-state index >= 15 is 0 Å². The number of hydrogen-bond acceptors (Lipinski definition) is 7. The van der Waals surface area contributed by atoms with Gasteiger partial charge in [-0.2, -0.15) is 0 Å². The predicted molar refractivity (Wildman–Crippen MR) is 139 cm³/mol. The van der Waals surface area contributed by atoms with Crippen molar-refractivity contribution < 1.29 is 9.47 Å². The fourth-order valence-corrected chi connectivity index (χ4v) is 4.49. The number of ether oxygens (including phenoxy) is 2. The summed E-state index contributed by atoms with van der Waals surface area (Å²) in [4.78, 5) is 18.5. The molecule has 0 bridgehead atoms. The van der Waals surface area contributed by atoms with Crippen LogP contribution in [0.2, 0.25) is 0 Å². The van der Waals surface area contributed by atoms with E-state index in [1.165, 1.54) is 0 Å². The van der Waals surface area contributed by atoms with Gasteiger partial charge in [0.2, 0.25) is 0 Å². The first-order chi connectivity index (χ1) is 17.2. The minimum absolute atomic E-state index is 0.0973. The molecular formula is C27H34N6O3. The molecule has 0 spiro atoms. The van der Waals surface area contributed by atoms with Crippen LogP contribution in [-0.2, 0) is 18.6 Å². The highest BCUT2D eigenvalue weighted by molar-refractivity contribution is 5.83. The molecule has 4 aromatic rings. The monoisotopic (exact) mass is 490 g/mol. The van der Waals surface area contributed by atoms with Gasteiger partial charge in [0.25, 0.3) is 5.56 Å². The minimum Gasteiger partial charge on any atom is -0.493 e. The third kappa shape index (κ3) is 5.26. The molecule has 1 unspecified atom stereocenters. The van der Waals surface area contributed by atoms with Crippen LogP contribution < -0.4 is 15.0 Å². The van der Waals surface area contributed by atoms with Crippen molar-refractivity contribution in [2.45, 2.75) is 58.8 Å². The molecule has 0 aliphatic carbocycles. The summed E-state index contributed by atoms with van der Waals surface area (Å²) in [6, 6.07) is 15.7. The van der Waals surface area contributed by atoms with Crippen molar-refractivity contribution in [3.8, 4) is 11.5 Å². The molecule has 9 nitrogen and oxygen atoms in total. The highest BCUT2D eigenvalue weighted by Gasteiger charge is 2.29. The average Bonchev–Trinajstić information content (AvgIpc) is 3.35. The van der Waals surface area contributed by atoms with Gasteiger partial charge in [0.15, 0.2) is 17.3 Å². The van der Waals surface area contributed by atoms with Crippen LogP contribution in [0.5, 0.6) is 11.5 Å². The minimum atomic E-state index is -0.277. The molecule has 0 amide bonds. The second-order valence-electron chi connectivity index (χ2n) is 9.85. The van der Waals surface area contributed by atoms with Crippen molar-refractivity contribution >= 4 is 10.9 Å². The van der Waals surface area contributed by atoms with E-state index in [4.69, 9.17) is 9.47 Å². The van der Waals surface area contributed by atoms with Gasteiger partial charge in [-0.05, 0) is 55.3 Å². The Labute approximate surface area is 211 Å². The van der Waals surface area contributed by atoms with Gasteiger partial charge < -0.3 is 14.5 Å². The number of methoxy groups -OCH3 is 2.